The zero-order valence-corrected chi connectivity index (χ0v) is 14.5. The molecule has 2 rings (SSSR count). The van der Waals surface area contributed by atoms with Crippen molar-refractivity contribution in [3.05, 3.63) is 35.2 Å². The molecule has 0 aliphatic rings. The summed E-state index contributed by atoms with van der Waals surface area (Å²) >= 11 is 1.15. The molecule has 0 spiro atoms. The van der Waals surface area contributed by atoms with Crippen LogP contribution < -0.4 is 4.74 Å². The molecule has 7 heteroatoms. The number of ether oxygens (including phenoxy) is 2. The summed E-state index contributed by atoms with van der Waals surface area (Å²) in [6.07, 6.45) is -0.132. The minimum absolute atomic E-state index is 0.132. The Kier molecular flexibility index (Phi) is 6.04. The second-order valence-electron chi connectivity index (χ2n) is 5.35. The van der Waals surface area contributed by atoms with Crippen molar-refractivity contribution in [2.75, 3.05) is 5.75 Å². The van der Waals surface area contributed by atoms with Crippen LogP contribution in [0.3, 0.4) is 0 Å². The first-order valence-electron chi connectivity index (χ1n) is 7.28. The molecule has 6 nitrogen and oxygen atoms in total. The van der Waals surface area contributed by atoms with E-state index in [1.54, 1.807) is 13.8 Å². The van der Waals surface area contributed by atoms with E-state index in [9.17, 15) is 4.79 Å². The van der Waals surface area contributed by atoms with Gasteiger partial charge in [0.1, 0.15) is 11.5 Å². The highest BCUT2D eigenvalue weighted by Gasteiger charge is 2.12. The lowest BCUT2D eigenvalue weighted by atomic mass is 10.1. The Morgan fingerprint density at radius 1 is 1.30 bits per heavy atom. The maximum atomic E-state index is 11.5. The van der Waals surface area contributed by atoms with Crippen molar-refractivity contribution in [2.45, 2.75) is 45.6 Å². The van der Waals surface area contributed by atoms with Gasteiger partial charge < -0.3 is 13.9 Å². The van der Waals surface area contributed by atoms with Crippen LogP contribution in [0.15, 0.2) is 27.8 Å². The molecule has 0 aliphatic heterocycles. The third-order valence-electron chi connectivity index (χ3n) is 2.82. The van der Waals surface area contributed by atoms with Crippen LogP contribution in [0, 0.1) is 13.8 Å². The van der Waals surface area contributed by atoms with Gasteiger partial charge in [-0.05, 0) is 44.9 Å². The van der Waals surface area contributed by atoms with Gasteiger partial charge in [0.2, 0.25) is 0 Å². The fraction of sp³-hybridized carbons (Fsp3) is 0.438. The predicted molar refractivity (Wildman–Crippen MR) is 86.5 cm³/mol. The SMILES string of the molecule is Cc1ccc(C)c(OCc2nnc(SCC(=O)OC(C)C)o2)c1. The number of carbonyl (C=O) groups is 1. The largest absolute Gasteiger partial charge is 0.484 e. The molecule has 1 aromatic carbocycles. The lowest BCUT2D eigenvalue weighted by molar-refractivity contribution is -0.144. The van der Waals surface area contributed by atoms with Crippen LogP contribution in [0.1, 0.15) is 30.9 Å². The van der Waals surface area contributed by atoms with Crippen LogP contribution in [0.5, 0.6) is 5.75 Å². The summed E-state index contributed by atoms with van der Waals surface area (Å²) in [6.45, 7) is 7.78. The Labute approximate surface area is 139 Å². The van der Waals surface area contributed by atoms with Crippen molar-refractivity contribution in [1.82, 2.24) is 10.2 Å². The Bertz CT molecular complexity index is 670. The maximum absolute atomic E-state index is 11.5. The van der Waals surface area contributed by atoms with E-state index in [-0.39, 0.29) is 24.4 Å². The van der Waals surface area contributed by atoms with Crippen LogP contribution in [0.25, 0.3) is 0 Å². The van der Waals surface area contributed by atoms with E-state index in [4.69, 9.17) is 13.9 Å². The Morgan fingerprint density at radius 2 is 2.09 bits per heavy atom. The fourth-order valence-corrected chi connectivity index (χ4v) is 2.34. The van der Waals surface area contributed by atoms with Crippen molar-refractivity contribution < 1.29 is 18.7 Å². The highest BCUT2D eigenvalue weighted by Crippen LogP contribution is 2.21. The van der Waals surface area contributed by atoms with Crippen LogP contribution in [-0.4, -0.2) is 28.0 Å². The van der Waals surface area contributed by atoms with Gasteiger partial charge in [-0.1, -0.05) is 23.9 Å². The Balaban J connectivity index is 1.85. The molecule has 0 radical (unpaired) electrons. The molecule has 1 aromatic heterocycles. The number of rotatable bonds is 7. The fourth-order valence-electron chi connectivity index (χ4n) is 1.77. The van der Waals surface area contributed by atoms with Gasteiger partial charge in [-0.15, -0.1) is 10.2 Å². The first kappa shape index (κ1) is 17.3. The van der Waals surface area contributed by atoms with Crippen LogP contribution in [0.2, 0.25) is 0 Å². The van der Waals surface area contributed by atoms with Gasteiger partial charge in [-0.2, -0.15) is 0 Å². The number of nitrogens with zero attached hydrogens (tertiary/aromatic N) is 2. The first-order chi connectivity index (χ1) is 10.9. The molecule has 1 heterocycles. The number of benzene rings is 1. The number of hydrogen-bond acceptors (Lipinski definition) is 7. The van der Waals surface area contributed by atoms with Crippen molar-refractivity contribution in [2.24, 2.45) is 0 Å². The maximum Gasteiger partial charge on any atom is 0.316 e. The normalized spacial score (nSPS) is 10.8. The van der Waals surface area contributed by atoms with Gasteiger partial charge in [0.05, 0.1) is 6.10 Å². The van der Waals surface area contributed by atoms with Gasteiger partial charge in [0, 0.05) is 0 Å². The molecule has 124 valence electrons. The molecule has 0 bridgehead atoms. The summed E-state index contributed by atoms with van der Waals surface area (Å²) in [4.78, 5) is 11.5. The Hall–Kier alpha value is -2.02. The van der Waals surface area contributed by atoms with Crippen molar-refractivity contribution in [3.8, 4) is 5.75 Å². The molecule has 0 saturated carbocycles. The lowest BCUT2D eigenvalue weighted by Crippen LogP contribution is -2.13. The number of esters is 1. The average Bonchev–Trinajstić information content (AvgIpc) is 2.93. The molecule has 0 saturated heterocycles. The van der Waals surface area contributed by atoms with E-state index in [1.807, 2.05) is 32.0 Å². The van der Waals surface area contributed by atoms with Gasteiger partial charge in [-0.3, -0.25) is 4.79 Å². The summed E-state index contributed by atoms with van der Waals surface area (Å²) in [5, 5.41) is 8.11. The van der Waals surface area contributed by atoms with E-state index in [0.29, 0.717) is 11.1 Å². The van der Waals surface area contributed by atoms with Gasteiger partial charge in [-0.25, -0.2) is 0 Å². The molecule has 0 N–H and O–H groups in total. The number of hydrogen-bond donors (Lipinski definition) is 0. The third kappa shape index (κ3) is 5.59. The van der Waals surface area contributed by atoms with E-state index in [1.165, 1.54) is 0 Å². The van der Waals surface area contributed by atoms with Crippen LogP contribution in [0.4, 0.5) is 0 Å². The highest BCUT2D eigenvalue weighted by molar-refractivity contribution is 7.99. The minimum Gasteiger partial charge on any atom is -0.484 e. The number of aryl methyl sites for hydroxylation is 2. The Morgan fingerprint density at radius 3 is 2.83 bits per heavy atom. The molecule has 23 heavy (non-hydrogen) atoms. The molecule has 0 fully saturated rings. The molecule has 0 unspecified atom stereocenters. The van der Waals surface area contributed by atoms with Crippen LogP contribution >= 0.6 is 11.8 Å². The zero-order chi connectivity index (χ0) is 16.8. The average molecular weight is 336 g/mol. The number of carbonyl (C=O) groups excluding carboxylic acids is 1. The second-order valence-corrected chi connectivity index (χ2v) is 6.27. The van der Waals surface area contributed by atoms with Crippen LogP contribution in [-0.2, 0) is 16.1 Å². The summed E-state index contributed by atoms with van der Waals surface area (Å²) in [5.41, 5.74) is 2.16. The number of aromatic nitrogens is 2. The standard InChI is InChI=1S/C16H20N2O4S/c1-10(2)21-15(19)9-23-16-18-17-14(22-16)8-20-13-7-11(3)5-6-12(13)4/h5-7,10H,8-9H2,1-4H3. The van der Waals surface area contributed by atoms with Gasteiger partial charge in [0.25, 0.3) is 11.1 Å². The third-order valence-corrected chi connectivity index (χ3v) is 3.62. The van der Waals surface area contributed by atoms with E-state index < -0.39 is 0 Å². The predicted octanol–water partition coefficient (Wildman–Crippen LogP) is 3.31. The summed E-state index contributed by atoms with van der Waals surface area (Å²) in [7, 11) is 0. The summed E-state index contributed by atoms with van der Waals surface area (Å²) < 4.78 is 16.2. The van der Waals surface area contributed by atoms with E-state index in [2.05, 4.69) is 10.2 Å². The van der Waals surface area contributed by atoms with E-state index in [0.717, 1.165) is 28.6 Å². The highest BCUT2D eigenvalue weighted by atomic mass is 32.2. The number of thioether (sulfide) groups is 1. The molecule has 0 atom stereocenters. The smallest absolute Gasteiger partial charge is 0.316 e. The van der Waals surface area contributed by atoms with Gasteiger partial charge >= 0.3 is 5.97 Å². The first-order valence-corrected chi connectivity index (χ1v) is 8.27. The van der Waals surface area contributed by atoms with Gasteiger partial charge in [0.15, 0.2) is 6.61 Å². The summed E-state index contributed by atoms with van der Waals surface area (Å²) in [5.74, 6) is 0.984. The monoisotopic (exact) mass is 336 g/mol. The van der Waals surface area contributed by atoms with Crippen molar-refractivity contribution in [1.29, 1.82) is 0 Å². The lowest BCUT2D eigenvalue weighted by Gasteiger charge is -2.07. The van der Waals surface area contributed by atoms with E-state index >= 15 is 0 Å². The minimum atomic E-state index is -0.309. The molecular formula is C16H20N2O4S. The van der Waals surface area contributed by atoms with Crippen molar-refractivity contribution >= 4 is 17.7 Å². The molecule has 0 aliphatic carbocycles. The molecule has 0 amide bonds. The topological polar surface area (TPSA) is 74.5 Å². The quantitative estimate of drug-likeness (QED) is 0.567. The molecule has 2 aromatic rings. The summed E-state index contributed by atoms with van der Waals surface area (Å²) in [6, 6.07) is 5.99. The van der Waals surface area contributed by atoms with Crippen molar-refractivity contribution in [3.63, 3.8) is 0 Å². The zero-order valence-electron chi connectivity index (χ0n) is 13.7. The molecular weight excluding hydrogens is 316 g/mol. The second kappa shape index (κ2) is 8.01.